The van der Waals surface area contributed by atoms with Crippen molar-refractivity contribution in [3.63, 3.8) is 0 Å². The summed E-state index contributed by atoms with van der Waals surface area (Å²) in [5, 5.41) is 0. The number of fused-ring (bicyclic) bond motifs is 1. The third-order valence-corrected chi connectivity index (χ3v) is 5.95. The summed E-state index contributed by atoms with van der Waals surface area (Å²) >= 11 is 0. The summed E-state index contributed by atoms with van der Waals surface area (Å²) < 4.78 is 3.74. The van der Waals surface area contributed by atoms with Gasteiger partial charge in [-0.15, -0.1) is 0 Å². The SMILES string of the molecule is Cc1c(CN(C)C2CCCc3ccccc32)c(=O)n(-c2ccccc2)n1C. The van der Waals surface area contributed by atoms with E-state index in [-0.39, 0.29) is 5.56 Å². The molecule has 27 heavy (non-hydrogen) atoms. The molecule has 140 valence electrons. The van der Waals surface area contributed by atoms with Gasteiger partial charge in [-0.25, -0.2) is 4.68 Å². The summed E-state index contributed by atoms with van der Waals surface area (Å²) in [7, 11) is 4.11. The third kappa shape index (κ3) is 3.15. The van der Waals surface area contributed by atoms with E-state index in [0.29, 0.717) is 12.6 Å². The van der Waals surface area contributed by atoms with Crippen molar-refractivity contribution in [1.82, 2.24) is 14.3 Å². The van der Waals surface area contributed by atoms with E-state index in [1.165, 1.54) is 17.5 Å². The van der Waals surface area contributed by atoms with Crippen LogP contribution < -0.4 is 5.56 Å². The summed E-state index contributed by atoms with van der Waals surface area (Å²) in [5.74, 6) is 0. The Morgan fingerprint density at radius 3 is 2.56 bits per heavy atom. The molecule has 4 rings (SSSR count). The standard InChI is InChI=1S/C23H27N3O/c1-17-21(23(27)26(25(17)3)19-12-5-4-6-13-19)16-24(2)22-15-9-11-18-10-7-8-14-20(18)22/h4-8,10,12-14,22H,9,11,15-16H2,1-3H3. The first-order chi connectivity index (χ1) is 13.1. The second-order valence-corrected chi connectivity index (χ2v) is 7.56. The highest BCUT2D eigenvalue weighted by Crippen LogP contribution is 2.34. The molecule has 1 atom stereocenters. The highest BCUT2D eigenvalue weighted by molar-refractivity contribution is 5.34. The Balaban J connectivity index is 1.67. The first-order valence-corrected chi connectivity index (χ1v) is 9.69. The van der Waals surface area contributed by atoms with Crippen molar-refractivity contribution >= 4 is 0 Å². The monoisotopic (exact) mass is 361 g/mol. The van der Waals surface area contributed by atoms with E-state index >= 15 is 0 Å². The fourth-order valence-corrected chi connectivity index (χ4v) is 4.35. The van der Waals surface area contributed by atoms with Crippen LogP contribution in [-0.4, -0.2) is 21.3 Å². The smallest absolute Gasteiger partial charge is 0.276 e. The average molecular weight is 361 g/mol. The molecule has 1 aliphatic carbocycles. The highest BCUT2D eigenvalue weighted by atomic mass is 16.1. The molecular formula is C23H27N3O. The maximum absolute atomic E-state index is 13.2. The highest BCUT2D eigenvalue weighted by Gasteiger charge is 2.25. The maximum Gasteiger partial charge on any atom is 0.276 e. The van der Waals surface area contributed by atoms with Crippen LogP contribution in [0.5, 0.6) is 0 Å². The van der Waals surface area contributed by atoms with E-state index in [0.717, 1.165) is 29.8 Å². The van der Waals surface area contributed by atoms with Crippen LogP contribution in [0.1, 0.15) is 41.3 Å². The summed E-state index contributed by atoms with van der Waals surface area (Å²) in [6.07, 6.45) is 3.51. The molecule has 4 heteroatoms. The molecule has 0 radical (unpaired) electrons. The maximum atomic E-state index is 13.2. The number of hydrogen-bond acceptors (Lipinski definition) is 2. The third-order valence-electron chi connectivity index (χ3n) is 5.95. The van der Waals surface area contributed by atoms with Crippen LogP contribution in [0.2, 0.25) is 0 Å². The quantitative estimate of drug-likeness (QED) is 0.703. The second-order valence-electron chi connectivity index (χ2n) is 7.56. The summed E-state index contributed by atoms with van der Waals surface area (Å²) in [6, 6.07) is 19.0. The molecule has 0 spiro atoms. The Bertz CT molecular complexity index is 1000. The first-order valence-electron chi connectivity index (χ1n) is 9.69. The lowest BCUT2D eigenvalue weighted by atomic mass is 9.87. The van der Waals surface area contributed by atoms with Crippen LogP contribution >= 0.6 is 0 Å². The molecule has 3 aromatic rings. The number of aromatic nitrogens is 2. The Hall–Kier alpha value is -2.59. The molecule has 0 saturated carbocycles. The summed E-state index contributed by atoms with van der Waals surface area (Å²) in [6.45, 7) is 2.70. The van der Waals surface area contributed by atoms with Crippen molar-refractivity contribution in [1.29, 1.82) is 0 Å². The van der Waals surface area contributed by atoms with Crippen LogP contribution in [0.15, 0.2) is 59.4 Å². The van der Waals surface area contributed by atoms with Gasteiger partial charge in [0.15, 0.2) is 0 Å². The van der Waals surface area contributed by atoms with Gasteiger partial charge in [0, 0.05) is 25.3 Å². The minimum Gasteiger partial charge on any atom is -0.295 e. The van der Waals surface area contributed by atoms with Gasteiger partial charge in [0.25, 0.3) is 5.56 Å². The minimum atomic E-state index is 0.0807. The number of aryl methyl sites for hydroxylation is 1. The molecule has 1 unspecified atom stereocenters. The Morgan fingerprint density at radius 2 is 1.78 bits per heavy atom. The zero-order chi connectivity index (χ0) is 19.0. The predicted molar refractivity (Wildman–Crippen MR) is 109 cm³/mol. The fraction of sp³-hybridized carbons (Fsp3) is 0.348. The van der Waals surface area contributed by atoms with Crippen molar-refractivity contribution in [2.45, 2.75) is 38.8 Å². The van der Waals surface area contributed by atoms with E-state index in [1.807, 2.05) is 49.0 Å². The average Bonchev–Trinajstić information content (AvgIpc) is 2.91. The molecule has 0 fully saturated rings. The number of rotatable bonds is 4. The zero-order valence-electron chi connectivity index (χ0n) is 16.4. The first kappa shape index (κ1) is 17.8. The van der Waals surface area contributed by atoms with Gasteiger partial charge in [-0.2, -0.15) is 0 Å². The molecule has 4 nitrogen and oxygen atoms in total. The van der Waals surface area contributed by atoms with E-state index in [9.17, 15) is 4.79 Å². The Kier molecular flexibility index (Phi) is 4.75. The van der Waals surface area contributed by atoms with Crippen LogP contribution in [0.3, 0.4) is 0 Å². The zero-order valence-corrected chi connectivity index (χ0v) is 16.4. The van der Waals surface area contributed by atoms with Gasteiger partial charge in [0.1, 0.15) is 0 Å². The summed E-state index contributed by atoms with van der Waals surface area (Å²) in [4.78, 5) is 15.5. The van der Waals surface area contributed by atoms with E-state index in [4.69, 9.17) is 0 Å². The molecule has 0 N–H and O–H groups in total. The topological polar surface area (TPSA) is 30.2 Å². The largest absolute Gasteiger partial charge is 0.295 e. The lowest BCUT2D eigenvalue weighted by Gasteiger charge is -2.33. The molecule has 1 aromatic heterocycles. The van der Waals surface area contributed by atoms with Gasteiger partial charge in [-0.1, -0.05) is 42.5 Å². The molecule has 1 aliphatic rings. The molecule has 0 bridgehead atoms. The molecule has 0 aliphatic heterocycles. The Morgan fingerprint density at radius 1 is 1.07 bits per heavy atom. The van der Waals surface area contributed by atoms with E-state index in [2.05, 4.69) is 36.2 Å². The molecule has 0 amide bonds. The molecule has 2 aromatic carbocycles. The molecule has 0 saturated heterocycles. The minimum absolute atomic E-state index is 0.0807. The van der Waals surface area contributed by atoms with Crippen LogP contribution in [-0.2, 0) is 20.0 Å². The second kappa shape index (κ2) is 7.20. The lowest BCUT2D eigenvalue weighted by Crippen LogP contribution is -2.30. The van der Waals surface area contributed by atoms with E-state index < -0.39 is 0 Å². The van der Waals surface area contributed by atoms with Crippen molar-refractivity contribution in [2.75, 3.05) is 7.05 Å². The van der Waals surface area contributed by atoms with Gasteiger partial charge >= 0.3 is 0 Å². The van der Waals surface area contributed by atoms with Crippen molar-refractivity contribution < 1.29 is 0 Å². The van der Waals surface area contributed by atoms with Gasteiger partial charge in [-0.05, 0) is 56.5 Å². The van der Waals surface area contributed by atoms with Crippen LogP contribution in [0, 0.1) is 6.92 Å². The normalized spacial score (nSPS) is 16.5. The molecular weight excluding hydrogens is 334 g/mol. The van der Waals surface area contributed by atoms with Gasteiger partial charge in [0.2, 0.25) is 0 Å². The van der Waals surface area contributed by atoms with Gasteiger partial charge in [0.05, 0.1) is 11.3 Å². The van der Waals surface area contributed by atoms with Crippen LogP contribution in [0.4, 0.5) is 0 Å². The van der Waals surface area contributed by atoms with E-state index in [1.54, 1.807) is 4.68 Å². The van der Waals surface area contributed by atoms with Crippen LogP contribution in [0.25, 0.3) is 5.69 Å². The Labute approximate surface area is 160 Å². The van der Waals surface area contributed by atoms with Crippen molar-refractivity contribution in [2.24, 2.45) is 7.05 Å². The number of para-hydroxylation sites is 1. The predicted octanol–water partition coefficient (Wildman–Crippen LogP) is 3.99. The van der Waals surface area contributed by atoms with Gasteiger partial charge < -0.3 is 0 Å². The number of benzene rings is 2. The number of nitrogens with zero attached hydrogens (tertiary/aromatic N) is 3. The number of hydrogen-bond donors (Lipinski definition) is 0. The fourth-order valence-electron chi connectivity index (χ4n) is 4.35. The summed E-state index contributed by atoms with van der Waals surface area (Å²) in [5.41, 5.74) is 5.77. The van der Waals surface area contributed by atoms with Crippen molar-refractivity contribution in [3.8, 4) is 5.69 Å². The lowest BCUT2D eigenvalue weighted by molar-refractivity contribution is 0.212. The van der Waals surface area contributed by atoms with Crippen molar-refractivity contribution in [3.05, 3.63) is 87.3 Å². The molecule has 1 heterocycles. The van der Waals surface area contributed by atoms with Gasteiger partial charge in [-0.3, -0.25) is 14.4 Å².